The van der Waals surface area contributed by atoms with Crippen molar-refractivity contribution in [1.29, 1.82) is 0 Å². The quantitative estimate of drug-likeness (QED) is 0.276. The van der Waals surface area contributed by atoms with Gasteiger partial charge in [-0.2, -0.15) is 0 Å². The number of fused-ring (bicyclic) bond motifs is 3. The Morgan fingerprint density at radius 1 is 0.677 bits per heavy atom. The number of rotatable bonds is 3. The SMILES string of the molecule is Brc1cccc(-c2nnc(-c3cccc4c5ccccc5n(-c5ccccc5)c34)o2)c1. The van der Waals surface area contributed by atoms with Crippen LogP contribution in [0.25, 0.3) is 50.4 Å². The number of hydrogen-bond acceptors (Lipinski definition) is 3. The Morgan fingerprint density at radius 2 is 1.42 bits per heavy atom. The van der Waals surface area contributed by atoms with Crippen LogP contribution >= 0.6 is 15.9 Å². The number of halogens is 1. The maximum Gasteiger partial charge on any atom is 0.250 e. The molecule has 0 bridgehead atoms. The van der Waals surface area contributed by atoms with E-state index in [0.29, 0.717) is 11.8 Å². The van der Waals surface area contributed by atoms with Crippen molar-refractivity contribution in [3.63, 3.8) is 0 Å². The highest BCUT2D eigenvalue weighted by molar-refractivity contribution is 9.10. The fourth-order valence-electron chi connectivity index (χ4n) is 4.11. The molecule has 0 aliphatic heterocycles. The third-order valence-corrected chi connectivity index (χ3v) is 5.93. The van der Waals surface area contributed by atoms with Gasteiger partial charge in [0, 0.05) is 26.5 Å². The number of nitrogens with zero attached hydrogens (tertiary/aromatic N) is 3. The summed E-state index contributed by atoms with van der Waals surface area (Å²) in [5.74, 6) is 0.997. The molecule has 0 unspecified atom stereocenters. The third-order valence-electron chi connectivity index (χ3n) is 5.44. The van der Waals surface area contributed by atoms with Crippen LogP contribution in [0.3, 0.4) is 0 Å². The van der Waals surface area contributed by atoms with Gasteiger partial charge < -0.3 is 8.98 Å². The minimum atomic E-state index is 0.496. The van der Waals surface area contributed by atoms with Gasteiger partial charge in [-0.15, -0.1) is 10.2 Å². The topological polar surface area (TPSA) is 43.9 Å². The highest BCUT2D eigenvalue weighted by atomic mass is 79.9. The van der Waals surface area contributed by atoms with Crippen LogP contribution in [-0.2, 0) is 0 Å². The van der Waals surface area contributed by atoms with E-state index in [-0.39, 0.29) is 0 Å². The first-order valence-corrected chi connectivity index (χ1v) is 10.8. The van der Waals surface area contributed by atoms with Crippen molar-refractivity contribution < 1.29 is 4.42 Å². The fraction of sp³-hybridized carbons (Fsp3) is 0. The molecule has 6 aromatic rings. The van der Waals surface area contributed by atoms with E-state index < -0.39 is 0 Å². The molecule has 0 atom stereocenters. The maximum absolute atomic E-state index is 6.15. The monoisotopic (exact) mass is 465 g/mol. The number of benzene rings is 4. The van der Waals surface area contributed by atoms with E-state index in [1.54, 1.807) is 0 Å². The third kappa shape index (κ3) is 2.97. The average molecular weight is 466 g/mol. The lowest BCUT2D eigenvalue weighted by Crippen LogP contribution is -1.95. The molecule has 6 rings (SSSR count). The number of aromatic nitrogens is 3. The van der Waals surface area contributed by atoms with E-state index in [9.17, 15) is 0 Å². The van der Waals surface area contributed by atoms with Crippen LogP contribution in [0.1, 0.15) is 0 Å². The Morgan fingerprint density at radius 3 is 2.29 bits per heavy atom. The normalized spacial score (nSPS) is 11.4. The summed E-state index contributed by atoms with van der Waals surface area (Å²) in [7, 11) is 0. The first-order chi connectivity index (χ1) is 15.3. The molecule has 4 nitrogen and oxygen atoms in total. The zero-order chi connectivity index (χ0) is 20.8. The molecule has 4 aromatic carbocycles. The summed E-state index contributed by atoms with van der Waals surface area (Å²) in [6.07, 6.45) is 0. The lowest BCUT2D eigenvalue weighted by Gasteiger charge is -2.09. The summed E-state index contributed by atoms with van der Waals surface area (Å²) in [6, 6.07) is 32.9. The van der Waals surface area contributed by atoms with Crippen LogP contribution in [0.5, 0.6) is 0 Å². The molecule has 0 radical (unpaired) electrons. The van der Waals surface area contributed by atoms with Crippen molar-refractivity contribution >= 4 is 37.7 Å². The zero-order valence-corrected chi connectivity index (χ0v) is 18.0. The average Bonchev–Trinajstić information content (AvgIpc) is 3.43. The van der Waals surface area contributed by atoms with Crippen LogP contribution in [0.2, 0.25) is 0 Å². The molecular formula is C26H16BrN3O. The van der Waals surface area contributed by atoms with Crippen molar-refractivity contribution in [2.45, 2.75) is 0 Å². The summed E-state index contributed by atoms with van der Waals surface area (Å²) in [6.45, 7) is 0. The molecule has 31 heavy (non-hydrogen) atoms. The summed E-state index contributed by atoms with van der Waals surface area (Å²) in [5.41, 5.74) is 5.07. The van der Waals surface area contributed by atoms with Gasteiger partial charge in [0.05, 0.1) is 16.6 Å². The summed E-state index contributed by atoms with van der Waals surface area (Å²) in [5, 5.41) is 11.1. The first kappa shape index (κ1) is 18.1. The standard InChI is InChI=1S/C26H16BrN3O/c27-18-9-6-8-17(16-18)25-28-29-26(31-25)22-14-7-13-21-20-12-4-5-15-23(20)30(24(21)22)19-10-2-1-3-11-19/h1-16H. The molecule has 5 heteroatoms. The molecule has 0 spiro atoms. The minimum absolute atomic E-state index is 0.496. The molecule has 0 N–H and O–H groups in total. The lowest BCUT2D eigenvalue weighted by atomic mass is 10.1. The molecule has 0 fully saturated rings. The van der Waals surface area contributed by atoms with Gasteiger partial charge in [-0.3, -0.25) is 0 Å². The van der Waals surface area contributed by atoms with Crippen molar-refractivity contribution in [1.82, 2.24) is 14.8 Å². The van der Waals surface area contributed by atoms with Crippen LogP contribution < -0.4 is 0 Å². The van der Waals surface area contributed by atoms with E-state index in [2.05, 4.69) is 85.3 Å². The Hall–Kier alpha value is -3.70. The van der Waals surface area contributed by atoms with Crippen molar-refractivity contribution in [3.05, 3.63) is 102 Å². The maximum atomic E-state index is 6.15. The highest BCUT2D eigenvalue weighted by Crippen LogP contribution is 2.38. The molecule has 0 aliphatic rings. The van der Waals surface area contributed by atoms with Crippen LogP contribution in [0, 0.1) is 0 Å². The second kappa shape index (κ2) is 7.22. The number of para-hydroxylation sites is 3. The first-order valence-electron chi connectivity index (χ1n) is 9.97. The van der Waals surface area contributed by atoms with E-state index in [0.717, 1.165) is 37.7 Å². The van der Waals surface area contributed by atoms with Crippen molar-refractivity contribution in [2.75, 3.05) is 0 Å². The Kier molecular flexibility index (Phi) is 4.21. The fourth-order valence-corrected chi connectivity index (χ4v) is 4.51. The zero-order valence-electron chi connectivity index (χ0n) is 16.4. The molecule has 0 amide bonds. The van der Waals surface area contributed by atoms with Gasteiger partial charge in [-0.05, 0) is 42.5 Å². The summed E-state index contributed by atoms with van der Waals surface area (Å²) >= 11 is 3.51. The summed E-state index contributed by atoms with van der Waals surface area (Å²) < 4.78 is 9.38. The molecule has 0 aliphatic carbocycles. The van der Waals surface area contributed by atoms with E-state index >= 15 is 0 Å². The Bertz CT molecular complexity index is 1550. The molecule has 0 saturated heterocycles. The van der Waals surface area contributed by atoms with Gasteiger partial charge in [-0.25, -0.2) is 0 Å². The van der Waals surface area contributed by atoms with Crippen molar-refractivity contribution in [3.8, 4) is 28.6 Å². The van der Waals surface area contributed by atoms with Gasteiger partial charge in [0.25, 0.3) is 0 Å². The van der Waals surface area contributed by atoms with E-state index in [1.165, 1.54) is 5.39 Å². The minimum Gasteiger partial charge on any atom is -0.416 e. The Labute approximate surface area is 186 Å². The van der Waals surface area contributed by atoms with Gasteiger partial charge in [-0.1, -0.05) is 70.5 Å². The number of hydrogen-bond donors (Lipinski definition) is 0. The molecule has 148 valence electrons. The highest BCUT2D eigenvalue weighted by Gasteiger charge is 2.19. The van der Waals surface area contributed by atoms with Crippen LogP contribution in [0.15, 0.2) is 106 Å². The Balaban J connectivity index is 1.64. The summed E-state index contributed by atoms with van der Waals surface area (Å²) in [4.78, 5) is 0. The van der Waals surface area contributed by atoms with Crippen LogP contribution in [0.4, 0.5) is 0 Å². The van der Waals surface area contributed by atoms with Gasteiger partial charge in [0.15, 0.2) is 0 Å². The lowest BCUT2D eigenvalue weighted by molar-refractivity contribution is 0.585. The smallest absolute Gasteiger partial charge is 0.250 e. The van der Waals surface area contributed by atoms with Gasteiger partial charge >= 0.3 is 0 Å². The second-order valence-corrected chi connectivity index (χ2v) is 8.23. The van der Waals surface area contributed by atoms with Crippen LogP contribution in [-0.4, -0.2) is 14.8 Å². The van der Waals surface area contributed by atoms with Crippen molar-refractivity contribution in [2.24, 2.45) is 0 Å². The van der Waals surface area contributed by atoms with Gasteiger partial charge in [0.2, 0.25) is 11.8 Å². The molecular weight excluding hydrogens is 450 g/mol. The largest absolute Gasteiger partial charge is 0.416 e. The predicted octanol–water partition coefficient (Wildman–Crippen LogP) is 7.26. The predicted molar refractivity (Wildman–Crippen MR) is 127 cm³/mol. The second-order valence-electron chi connectivity index (χ2n) is 7.31. The molecule has 2 aromatic heterocycles. The molecule has 0 saturated carbocycles. The van der Waals surface area contributed by atoms with E-state index in [4.69, 9.17) is 4.42 Å². The van der Waals surface area contributed by atoms with Gasteiger partial charge in [0.1, 0.15) is 0 Å². The molecule has 2 heterocycles. The van der Waals surface area contributed by atoms with E-state index in [1.807, 2.05) is 42.5 Å².